The second kappa shape index (κ2) is 8.71. The molecule has 5 nitrogen and oxygen atoms in total. The van der Waals surface area contributed by atoms with Crippen molar-refractivity contribution in [2.24, 2.45) is 5.92 Å². The minimum atomic E-state index is -0.783. The summed E-state index contributed by atoms with van der Waals surface area (Å²) in [6.07, 6.45) is 1.90. The van der Waals surface area contributed by atoms with Crippen molar-refractivity contribution in [3.63, 3.8) is 0 Å². The molecule has 2 aromatic carbocycles. The van der Waals surface area contributed by atoms with Crippen LogP contribution in [0.2, 0.25) is 0 Å². The average molecular weight is 367 g/mol. The zero-order valence-electron chi connectivity index (χ0n) is 15.5. The van der Waals surface area contributed by atoms with E-state index in [1.807, 2.05) is 55.5 Å². The number of carbonyl (C=O) groups excluding carboxylic acids is 1. The first-order chi connectivity index (χ1) is 13.1. The number of amides is 1. The van der Waals surface area contributed by atoms with Crippen LogP contribution in [0.3, 0.4) is 0 Å². The SMILES string of the molecule is CCC(C(=O)O)c1ccc2c(c1)CC(CNC(=O)OCc1ccccc1)C2. The molecule has 0 radical (unpaired) electrons. The van der Waals surface area contributed by atoms with E-state index in [0.29, 0.717) is 18.9 Å². The van der Waals surface area contributed by atoms with Crippen LogP contribution in [0.25, 0.3) is 0 Å². The normalized spacial score (nSPS) is 16.4. The number of carboxylic acid groups (broad SMARTS) is 1. The minimum Gasteiger partial charge on any atom is -0.481 e. The van der Waals surface area contributed by atoms with Crippen molar-refractivity contribution in [2.45, 2.75) is 38.7 Å². The number of nitrogens with one attached hydrogen (secondary N) is 1. The van der Waals surface area contributed by atoms with Crippen LogP contribution in [0.1, 0.15) is 41.5 Å². The number of benzene rings is 2. The molecule has 1 aliphatic carbocycles. The van der Waals surface area contributed by atoms with E-state index in [4.69, 9.17) is 4.74 Å². The van der Waals surface area contributed by atoms with Gasteiger partial charge in [0.2, 0.25) is 0 Å². The Bertz CT molecular complexity index is 803. The Labute approximate surface area is 159 Å². The smallest absolute Gasteiger partial charge is 0.407 e. The molecule has 2 N–H and O–H groups in total. The molecule has 142 valence electrons. The van der Waals surface area contributed by atoms with Crippen LogP contribution in [0.5, 0.6) is 0 Å². The van der Waals surface area contributed by atoms with Crippen LogP contribution < -0.4 is 5.32 Å². The summed E-state index contributed by atoms with van der Waals surface area (Å²) in [5.41, 5.74) is 4.25. The highest BCUT2D eigenvalue weighted by Crippen LogP contribution is 2.30. The number of fused-ring (bicyclic) bond motifs is 1. The second-order valence-corrected chi connectivity index (χ2v) is 7.04. The predicted molar refractivity (Wildman–Crippen MR) is 103 cm³/mol. The third-order valence-electron chi connectivity index (χ3n) is 5.10. The lowest BCUT2D eigenvalue weighted by molar-refractivity contribution is -0.138. The van der Waals surface area contributed by atoms with Crippen molar-refractivity contribution < 1.29 is 19.4 Å². The van der Waals surface area contributed by atoms with Crippen LogP contribution >= 0.6 is 0 Å². The Morgan fingerprint density at radius 3 is 2.59 bits per heavy atom. The lowest BCUT2D eigenvalue weighted by Gasteiger charge is -2.12. The molecule has 0 aliphatic heterocycles. The molecule has 2 aromatic rings. The van der Waals surface area contributed by atoms with Gasteiger partial charge in [-0.25, -0.2) is 4.79 Å². The van der Waals surface area contributed by atoms with E-state index in [0.717, 1.165) is 24.0 Å². The van der Waals surface area contributed by atoms with Gasteiger partial charge in [-0.3, -0.25) is 4.79 Å². The molecular formula is C22H25NO4. The minimum absolute atomic E-state index is 0.258. The van der Waals surface area contributed by atoms with Gasteiger partial charge in [0, 0.05) is 6.54 Å². The fourth-order valence-corrected chi connectivity index (χ4v) is 3.64. The summed E-state index contributed by atoms with van der Waals surface area (Å²) in [6.45, 7) is 2.70. The maximum Gasteiger partial charge on any atom is 0.407 e. The number of rotatable bonds is 7. The number of carbonyl (C=O) groups is 2. The van der Waals surface area contributed by atoms with E-state index in [1.165, 1.54) is 11.1 Å². The molecule has 0 bridgehead atoms. The highest BCUT2D eigenvalue weighted by Gasteiger charge is 2.25. The third-order valence-corrected chi connectivity index (χ3v) is 5.10. The summed E-state index contributed by atoms with van der Waals surface area (Å²) >= 11 is 0. The largest absolute Gasteiger partial charge is 0.481 e. The summed E-state index contributed by atoms with van der Waals surface area (Å²) in [7, 11) is 0. The van der Waals surface area contributed by atoms with E-state index in [1.54, 1.807) is 0 Å². The number of ether oxygens (including phenoxy) is 1. The summed E-state index contributed by atoms with van der Waals surface area (Å²) in [6, 6.07) is 15.5. The first-order valence-corrected chi connectivity index (χ1v) is 9.36. The van der Waals surface area contributed by atoms with Crippen molar-refractivity contribution >= 4 is 12.1 Å². The van der Waals surface area contributed by atoms with Crippen molar-refractivity contribution in [1.82, 2.24) is 5.32 Å². The number of hydrogen-bond acceptors (Lipinski definition) is 3. The molecule has 0 aromatic heterocycles. The van der Waals surface area contributed by atoms with E-state index >= 15 is 0 Å². The molecule has 0 fully saturated rings. The van der Waals surface area contributed by atoms with E-state index < -0.39 is 18.0 Å². The second-order valence-electron chi connectivity index (χ2n) is 7.04. The lowest BCUT2D eigenvalue weighted by atomic mass is 9.94. The van der Waals surface area contributed by atoms with E-state index in [-0.39, 0.29) is 6.61 Å². The van der Waals surface area contributed by atoms with Gasteiger partial charge in [-0.1, -0.05) is 55.5 Å². The van der Waals surface area contributed by atoms with E-state index in [9.17, 15) is 14.7 Å². The van der Waals surface area contributed by atoms with Crippen LogP contribution in [0, 0.1) is 5.92 Å². The van der Waals surface area contributed by atoms with Gasteiger partial charge in [-0.15, -0.1) is 0 Å². The monoisotopic (exact) mass is 367 g/mol. The third kappa shape index (κ3) is 4.88. The van der Waals surface area contributed by atoms with Crippen LogP contribution in [0.4, 0.5) is 4.79 Å². The van der Waals surface area contributed by atoms with Gasteiger partial charge in [-0.2, -0.15) is 0 Å². The first kappa shape index (κ1) is 19.0. The molecule has 1 amide bonds. The Morgan fingerprint density at radius 1 is 1.15 bits per heavy atom. The summed E-state index contributed by atoms with van der Waals surface area (Å²) in [5.74, 6) is -0.931. The van der Waals surface area contributed by atoms with Crippen molar-refractivity contribution in [3.8, 4) is 0 Å². The Morgan fingerprint density at radius 2 is 1.89 bits per heavy atom. The zero-order valence-corrected chi connectivity index (χ0v) is 15.5. The predicted octanol–water partition coefficient (Wildman–Crippen LogP) is 3.91. The Balaban J connectivity index is 1.49. The number of alkyl carbamates (subject to hydrolysis) is 1. The maximum absolute atomic E-state index is 11.9. The van der Waals surface area contributed by atoms with Gasteiger partial charge in [0.05, 0.1) is 5.92 Å². The Kier molecular flexibility index (Phi) is 6.12. The molecule has 3 rings (SSSR count). The van der Waals surface area contributed by atoms with Gasteiger partial charge in [0.25, 0.3) is 0 Å². The highest BCUT2D eigenvalue weighted by molar-refractivity contribution is 5.76. The first-order valence-electron chi connectivity index (χ1n) is 9.36. The van der Waals surface area contributed by atoms with Crippen LogP contribution in [0.15, 0.2) is 48.5 Å². The molecule has 2 atom stereocenters. The zero-order chi connectivity index (χ0) is 19.2. The topological polar surface area (TPSA) is 75.6 Å². The number of carboxylic acids is 1. The molecule has 0 saturated heterocycles. The van der Waals surface area contributed by atoms with E-state index in [2.05, 4.69) is 5.32 Å². The molecule has 0 saturated carbocycles. The lowest BCUT2D eigenvalue weighted by Crippen LogP contribution is -2.30. The van der Waals surface area contributed by atoms with Crippen molar-refractivity contribution in [1.29, 1.82) is 0 Å². The quantitative estimate of drug-likeness (QED) is 0.778. The van der Waals surface area contributed by atoms with Gasteiger partial charge in [0.1, 0.15) is 6.61 Å². The van der Waals surface area contributed by atoms with Gasteiger partial charge >= 0.3 is 12.1 Å². The summed E-state index contributed by atoms with van der Waals surface area (Å²) in [5, 5.41) is 12.2. The molecular weight excluding hydrogens is 342 g/mol. The molecule has 1 aliphatic rings. The molecule has 27 heavy (non-hydrogen) atoms. The molecule has 2 unspecified atom stereocenters. The molecule has 0 spiro atoms. The summed E-state index contributed by atoms with van der Waals surface area (Å²) in [4.78, 5) is 23.3. The average Bonchev–Trinajstić information content (AvgIpc) is 3.08. The van der Waals surface area contributed by atoms with Gasteiger partial charge in [0.15, 0.2) is 0 Å². The van der Waals surface area contributed by atoms with Gasteiger partial charge < -0.3 is 15.2 Å². The number of hydrogen-bond donors (Lipinski definition) is 2. The maximum atomic E-state index is 11.9. The van der Waals surface area contributed by atoms with Crippen LogP contribution in [-0.4, -0.2) is 23.7 Å². The summed E-state index contributed by atoms with van der Waals surface area (Å²) < 4.78 is 5.24. The highest BCUT2D eigenvalue weighted by atomic mass is 16.5. The molecule has 5 heteroatoms. The fraction of sp³-hybridized carbons (Fsp3) is 0.364. The van der Waals surface area contributed by atoms with Crippen molar-refractivity contribution in [2.75, 3.05) is 6.54 Å². The van der Waals surface area contributed by atoms with Gasteiger partial charge in [-0.05, 0) is 47.4 Å². The molecule has 0 heterocycles. The fourth-order valence-electron chi connectivity index (χ4n) is 3.64. The Hall–Kier alpha value is -2.82. The van der Waals surface area contributed by atoms with Crippen LogP contribution in [-0.2, 0) is 29.0 Å². The standard InChI is InChI=1S/C22H25NO4/c1-2-20(21(24)25)18-9-8-17-10-16(11-19(17)12-18)13-23-22(26)27-14-15-6-4-3-5-7-15/h3-9,12,16,20H,2,10-11,13-14H2,1H3,(H,23,26)(H,24,25). The van der Waals surface area contributed by atoms with Crippen molar-refractivity contribution in [3.05, 3.63) is 70.8 Å². The number of aliphatic carboxylic acids is 1.